The predicted octanol–water partition coefficient (Wildman–Crippen LogP) is 1.25. The monoisotopic (exact) mass is 223 g/mol. The largest absolute Gasteiger partial charge is 0.379 e. The van der Waals surface area contributed by atoms with E-state index in [1.54, 1.807) is 0 Å². The summed E-state index contributed by atoms with van der Waals surface area (Å²) in [5.74, 6) is 0. The van der Waals surface area contributed by atoms with Crippen LogP contribution in [0.25, 0.3) is 0 Å². The maximum Gasteiger partial charge on any atom is 0.0646 e. The van der Waals surface area contributed by atoms with Gasteiger partial charge in [-0.2, -0.15) is 5.10 Å². The Hall–Kier alpha value is -0.870. The smallest absolute Gasteiger partial charge is 0.0646 e. The molecule has 0 unspecified atom stereocenters. The second-order valence-electron chi connectivity index (χ2n) is 4.89. The van der Waals surface area contributed by atoms with Crippen molar-refractivity contribution in [2.75, 3.05) is 13.2 Å². The molecule has 1 aliphatic carbocycles. The normalized spacial score (nSPS) is 19.1. The quantitative estimate of drug-likeness (QED) is 0.764. The van der Waals surface area contributed by atoms with Gasteiger partial charge in [-0.15, -0.1) is 0 Å². The van der Waals surface area contributed by atoms with E-state index in [1.165, 1.54) is 18.4 Å². The molecule has 0 saturated heterocycles. The Morgan fingerprint density at radius 1 is 1.50 bits per heavy atom. The molecule has 2 N–H and O–H groups in total. The van der Waals surface area contributed by atoms with Gasteiger partial charge in [-0.3, -0.25) is 4.68 Å². The van der Waals surface area contributed by atoms with Crippen molar-refractivity contribution in [1.82, 2.24) is 9.78 Å². The molecule has 0 atom stereocenters. The molecular formula is C12H21N3O. The highest BCUT2D eigenvalue weighted by molar-refractivity contribution is 5.03. The lowest BCUT2D eigenvalue weighted by atomic mass is 10.0. The standard InChI is InChI=1S/C12H21N3O/c1-15-9-11(8-14-15)4-7-16-10-12(13)5-2-3-6-12/h8-9H,2-7,10,13H2,1H3. The van der Waals surface area contributed by atoms with Crippen LogP contribution in [0.2, 0.25) is 0 Å². The molecule has 1 aromatic heterocycles. The molecule has 1 saturated carbocycles. The van der Waals surface area contributed by atoms with Crippen molar-refractivity contribution in [2.45, 2.75) is 37.6 Å². The minimum absolute atomic E-state index is 0.0467. The van der Waals surface area contributed by atoms with Crippen LogP contribution < -0.4 is 5.73 Å². The van der Waals surface area contributed by atoms with Crippen molar-refractivity contribution in [3.63, 3.8) is 0 Å². The number of aryl methyl sites for hydroxylation is 1. The van der Waals surface area contributed by atoms with Gasteiger partial charge in [-0.05, 0) is 24.8 Å². The van der Waals surface area contributed by atoms with Gasteiger partial charge in [0.05, 0.1) is 19.4 Å². The van der Waals surface area contributed by atoms with Crippen LogP contribution in [0.15, 0.2) is 12.4 Å². The Kier molecular flexibility index (Phi) is 3.61. The average Bonchev–Trinajstić information content (AvgIpc) is 2.84. The lowest BCUT2D eigenvalue weighted by Crippen LogP contribution is -2.41. The highest BCUT2D eigenvalue weighted by atomic mass is 16.5. The number of hydrogen-bond donors (Lipinski definition) is 1. The zero-order valence-electron chi connectivity index (χ0n) is 9.98. The summed E-state index contributed by atoms with van der Waals surface area (Å²) in [5, 5.41) is 4.12. The van der Waals surface area contributed by atoms with Crippen LogP contribution in [0.4, 0.5) is 0 Å². The van der Waals surface area contributed by atoms with E-state index in [2.05, 4.69) is 5.10 Å². The second kappa shape index (κ2) is 4.97. The molecular weight excluding hydrogens is 202 g/mol. The lowest BCUT2D eigenvalue weighted by molar-refractivity contribution is 0.0890. The first-order valence-electron chi connectivity index (χ1n) is 6.02. The van der Waals surface area contributed by atoms with Gasteiger partial charge in [0.2, 0.25) is 0 Å². The molecule has 1 aliphatic rings. The van der Waals surface area contributed by atoms with Crippen LogP contribution in [0.1, 0.15) is 31.2 Å². The fraction of sp³-hybridized carbons (Fsp3) is 0.750. The van der Waals surface area contributed by atoms with E-state index in [-0.39, 0.29) is 5.54 Å². The molecule has 0 amide bonds. The minimum atomic E-state index is -0.0467. The Morgan fingerprint density at radius 3 is 2.88 bits per heavy atom. The Labute approximate surface area is 96.8 Å². The van der Waals surface area contributed by atoms with Crippen LogP contribution in [-0.2, 0) is 18.2 Å². The Balaban J connectivity index is 1.65. The molecule has 1 heterocycles. The third kappa shape index (κ3) is 3.06. The third-order valence-corrected chi connectivity index (χ3v) is 3.28. The molecule has 0 spiro atoms. The van der Waals surface area contributed by atoms with Gasteiger partial charge >= 0.3 is 0 Å². The maximum absolute atomic E-state index is 6.20. The van der Waals surface area contributed by atoms with Gasteiger partial charge in [-0.25, -0.2) is 0 Å². The van der Waals surface area contributed by atoms with Crippen molar-refractivity contribution < 1.29 is 4.74 Å². The number of rotatable bonds is 5. The predicted molar refractivity (Wildman–Crippen MR) is 63.1 cm³/mol. The first-order valence-corrected chi connectivity index (χ1v) is 6.02. The molecule has 0 aromatic carbocycles. The van der Waals surface area contributed by atoms with Crippen molar-refractivity contribution in [1.29, 1.82) is 0 Å². The van der Waals surface area contributed by atoms with E-state index in [0.717, 1.165) is 25.9 Å². The summed E-state index contributed by atoms with van der Waals surface area (Å²) < 4.78 is 7.49. The molecule has 4 heteroatoms. The van der Waals surface area contributed by atoms with E-state index in [1.807, 2.05) is 24.1 Å². The van der Waals surface area contributed by atoms with Crippen LogP contribution in [0, 0.1) is 0 Å². The van der Waals surface area contributed by atoms with E-state index in [4.69, 9.17) is 10.5 Å². The zero-order chi connectivity index (χ0) is 11.4. The fourth-order valence-electron chi connectivity index (χ4n) is 2.29. The van der Waals surface area contributed by atoms with Gasteiger partial charge in [0.15, 0.2) is 0 Å². The average molecular weight is 223 g/mol. The van der Waals surface area contributed by atoms with Gasteiger partial charge in [0.25, 0.3) is 0 Å². The van der Waals surface area contributed by atoms with E-state index in [0.29, 0.717) is 6.61 Å². The number of nitrogens with two attached hydrogens (primary N) is 1. The summed E-state index contributed by atoms with van der Waals surface area (Å²) in [4.78, 5) is 0. The lowest BCUT2D eigenvalue weighted by Gasteiger charge is -2.22. The number of hydrogen-bond acceptors (Lipinski definition) is 3. The van der Waals surface area contributed by atoms with Gasteiger partial charge in [-0.1, -0.05) is 12.8 Å². The molecule has 1 aromatic rings. The van der Waals surface area contributed by atoms with Gasteiger partial charge in [0.1, 0.15) is 0 Å². The molecule has 0 bridgehead atoms. The summed E-state index contributed by atoms with van der Waals surface area (Å²) in [6.07, 6.45) is 9.56. The fourth-order valence-corrected chi connectivity index (χ4v) is 2.29. The first-order chi connectivity index (χ1) is 7.68. The first kappa shape index (κ1) is 11.6. The summed E-state index contributed by atoms with van der Waals surface area (Å²) in [5.41, 5.74) is 7.38. The highest BCUT2D eigenvalue weighted by Crippen LogP contribution is 2.27. The number of nitrogens with zero attached hydrogens (tertiary/aromatic N) is 2. The zero-order valence-corrected chi connectivity index (χ0v) is 9.98. The molecule has 1 fully saturated rings. The molecule has 0 radical (unpaired) electrons. The van der Waals surface area contributed by atoms with Gasteiger partial charge in [0, 0.05) is 18.8 Å². The van der Waals surface area contributed by atoms with Crippen LogP contribution in [-0.4, -0.2) is 28.5 Å². The molecule has 4 nitrogen and oxygen atoms in total. The van der Waals surface area contributed by atoms with E-state index >= 15 is 0 Å². The van der Waals surface area contributed by atoms with Crippen LogP contribution in [0.3, 0.4) is 0 Å². The summed E-state index contributed by atoms with van der Waals surface area (Å²) in [7, 11) is 1.93. The van der Waals surface area contributed by atoms with E-state index < -0.39 is 0 Å². The highest BCUT2D eigenvalue weighted by Gasteiger charge is 2.29. The maximum atomic E-state index is 6.20. The van der Waals surface area contributed by atoms with Gasteiger partial charge < -0.3 is 10.5 Å². The Morgan fingerprint density at radius 2 is 2.25 bits per heavy atom. The SMILES string of the molecule is Cn1cc(CCOCC2(N)CCCC2)cn1. The van der Waals surface area contributed by atoms with Crippen LogP contribution in [0.5, 0.6) is 0 Å². The summed E-state index contributed by atoms with van der Waals surface area (Å²) in [6, 6.07) is 0. The topological polar surface area (TPSA) is 53.1 Å². The number of aromatic nitrogens is 2. The molecule has 2 rings (SSSR count). The summed E-state index contributed by atoms with van der Waals surface area (Å²) in [6.45, 7) is 1.44. The van der Waals surface area contributed by atoms with Crippen molar-refractivity contribution in [2.24, 2.45) is 12.8 Å². The third-order valence-electron chi connectivity index (χ3n) is 3.28. The summed E-state index contributed by atoms with van der Waals surface area (Å²) >= 11 is 0. The molecule has 90 valence electrons. The Bertz CT molecular complexity index is 329. The van der Waals surface area contributed by atoms with Crippen LogP contribution >= 0.6 is 0 Å². The minimum Gasteiger partial charge on any atom is -0.379 e. The molecule has 0 aliphatic heterocycles. The van der Waals surface area contributed by atoms with Crippen molar-refractivity contribution in [3.05, 3.63) is 18.0 Å². The second-order valence-corrected chi connectivity index (χ2v) is 4.89. The van der Waals surface area contributed by atoms with Crippen molar-refractivity contribution >= 4 is 0 Å². The molecule has 16 heavy (non-hydrogen) atoms. The van der Waals surface area contributed by atoms with Crippen molar-refractivity contribution in [3.8, 4) is 0 Å². The van der Waals surface area contributed by atoms with E-state index in [9.17, 15) is 0 Å². The number of ether oxygens (including phenoxy) is 1.